The van der Waals surface area contributed by atoms with Gasteiger partial charge in [-0.15, -0.1) is 0 Å². The smallest absolute Gasteiger partial charge is 0.227 e. The predicted octanol–water partition coefficient (Wildman–Crippen LogP) is 1.86. The van der Waals surface area contributed by atoms with Crippen LogP contribution in [0.1, 0.15) is 11.3 Å². The number of rotatable bonds is 4. The van der Waals surface area contributed by atoms with E-state index in [9.17, 15) is 4.79 Å². The zero-order valence-electron chi connectivity index (χ0n) is 13.4. The van der Waals surface area contributed by atoms with E-state index < -0.39 is 0 Å². The fourth-order valence-corrected chi connectivity index (χ4v) is 4.00. The zero-order chi connectivity index (χ0) is 16.5. The SMILES string of the molecule is COc1ccc2c(c1)CC(C(=O)NCc1cn3c(n1)SCC3)CO2. The molecule has 24 heavy (non-hydrogen) atoms. The molecule has 3 heterocycles. The first-order valence-corrected chi connectivity index (χ1v) is 8.98. The molecule has 126 valence electrons. The van der Waals surface area contributed by atoms with Crippen LogP contribution in [0.15, 0.2) is 29.6 Å². The maximum absolute atomic E-state index is 12.4. The normalized spacial score (nSPS) is 18.5. The molecule has 7 heteroatoms. The van der Waals surface area contributed by atoms with Gasteiger partial charge in [-0.2, -0.15) is 0 Å². The quantitative estimate of drug-likeness (QED) is 0.916. The Balaban J connectivity index is 1.37. The molecule has 0 bridgehead atoms. The van der Waals surface area contributed by atoms with Crippen molar-refractivity contribution in [1.82, 2.24) is 14.9 Å². The van der Waals surface area contributed by atoms with E-state index in [1.165, 1.54) is 0 Å². The van der Waals surface area contributed by atoms with Crippen LogP contribution < -0.4 is 14.8 Å². The van der Waals surface area contributed by atoms with E-state index in [0.717, 1.165) is 40.2 Å². The van der Waals surface area contributed by atoms with Gasteiger partial charge in [-0.1, -0.05) is 11.8 Å². The minimum atomic E-state index is -0.187. The summed E-state index contributed by atoms with van der Waals surface area (Å²) in [5, 5.41) is 4.02. The number of thioether (sulfide) groups is 1. The average molecular weight is 345 g/mol. The highest BCUT2D eigenvalue weighted by Crippen LogP contribution is 2.30. The van der Waals surface area contributed by atoms with Crippen LogP contribution >= 0.6 is 11.8 Å². The minimum absolute atomic E-state index is 0.00397. The first-order valence-electron chi connectivity index (χ1n) is 7.99. The Morgan fingerprint density at radius 2 is 2.46 bits per heavy atom. The van der Waals surface area contributed by atoms with Gasteiger partial charge in [-0.05, 0) is 30.2 Å². The molecule has 1 amide bonds. The second kappa shape index (κ2) is 6.39. The third kappa shape index (κ3) is 2.96. The lowest BCUT2D eigenvalue weighted by molar-refractivity contribution is -0.126. The molecule has 2 aliphatic rings. The van der Waals surface area contributed by atoms with Crippen LogP contribution in [0.25, 0.3) is 0 Å². The lowest BCUT2D eigenvalue weighted by Crippen LogP contribution is -2.37. The van der Waals surface area contributed by atoms with Crippen LogP contribution in [0, 0.1) is 5.92 Å². The van der Waals surface area contributed by atoms with Gasteiger partial charge in [0.2, 0.25) is 5.91 Å². The van der Waals surface area contributed by atoms with Gasteiger partial charge in [0, 0.05) is 18.5 Å². The van der Waals surface area contributed by atoms with Crippen molar-refractivity contribution >= 4 is 17.7 Å². The summed E-state index contributed by atoms with van der Waals surface area (Å²) >= 11 is 1.75. The maximum Gasteiger partial charge on any atom is 0.227 e. The number of aryl methyl sites for hydroxylation is 1. The minimum Gasteiger partial charge on any atom is -0.497 e. The Bertz CT molecular complexity index is 753. The molecule has 1 aromatic carbocycles. The number of benzene rings is 1. The summed E-state index contributed by atoms with van der Waals surface area (Å²) in [6, 6.07) is 5.70. The van der Waals surface area contributed by atoms with E-state index in [0.29, 0.717) is 19.6 Å². The molecule has 1 atom stereocenters. The van der Waals surface area contributed by atoms with Crippen LogP contribution in [0.5, 0.6) is 11.5 Å². The molecule has 6 nitrogen and oxygen atoms in total. The molecule has 1 unspecified atom stereocenters. The number of ether oxygens (including phenoxy) is 2. The number of hydrogen-bond donors (Lipinski definition) is 1. The molecule has 4 rings (SSSR count). The zero-order valence-corrected chi connectivity index (χ0v) is 14.3. The fraction of sp³-hybridized carbons (Fsp3) is 0.412. The highest BCUT2D eigenvalue weighted by atomic mass is 32.2. The molecule has 2 aromatic rings. The van der Waals surface area contributed by atoms with E-state index in [-0.39, 0.29) is 11.8 Å². The summed E-state index contributed by atoms with van der Waals surface area (Å²) in [4.78, 5) is 17.0. The maximum atomic E-state index is 12.4. The van der Waals surface area contributed by atoms with Crippen molar-refractivity contribution in [2.24, 2.45) is 5.92 Å². The van der Waals surface area contributed by atoms with E-state index in [1.54, 1.807) is 18.9 Å². The number of imidazole rings is 1. The van der Waals surface area contributed by atoms with Crippen LogP contribution in [0.3, 0.4) is 0 Å². The Kier molecular flexibility index (Phi) is 4.10. The Labute approximate surface area is 144 Å². The van der Waals surface area contributed by atoms with Crippen molar-refractivity contribution in [1.29, 1.82) is 0 Å². The van der Waals surface area contributed by atoms with Crippen molar-refractivity contribution in [2.45, 2.75) is 24.7 Å². The summed E-state index contributed by atoms with van der Waals surface area (Å²) < 4.78 is 13.1. The van der Waals surface area contributed by atoms with Gasteiger partial charge in [0.25, 0.3) is 0 Å². The largest absolute Gasteiger partial charge is 0.497 e. The van der Waals surface area contributed by atoms with Crippen molar-refractivity contribution < 1.29 is 14.3 Å². The van der Waals surface area contributed by atoms with Crippen LogP contribution in [0.2, 0.25) is 0 Å². The highest BCUT2D eigenvalue weighted by molar-refractivity contribution is 7.99. The molecule has 0 radical (unpaired) electrons. The molecular formula is C17H19N3O3S. The molecule has 1 aromatic heterocycles. The number of nitrogens with one attached hydrogen (secondary N) is 1. The van der Waals surface area contributed by atoms with Gasteiger partial charge in [-0.25, -0.2) is 4.98 Å². The van der Waals surface area contributed by atoms with Gasteiger partial charge in [0.1, 0.15) is 18.1 Å². The molecule has 1 N–H and O–H groups in total. The average Bonchev–Trinajstić information content (AvgIpc) is 3.20. The molecule has 0 spiro atoms. The van der Waals surface area contributed by atoms with Gasteiger partial charge >= 0.3 is 0 Å². The number of fused-ring (bicyclic) bond motifs is 2. The van der Waals surface area contributed by atoms with Crippen LogP contribution in [0.4, 0.5) is 0 Å². The number of aromatic nitrogens is 2. The molecule has 2 aliphatic heterocycles. The van der Waals surface area contributed by atoms with E-state index in [4.69, 9.17) is 9.47 Å². The first-order chi connectivity index (χ1) is 11.7. The second-order valence-electron chi connectivity index (χ2n) is 5.96. The van der Waals surface area contributed by atoms with E-state index in [1.807, 2.05) is 24.4 Å². The Morgan fingerprint density at radius 1 is 1.54 bits per heavy atom. The molecule has 0 aliphatic carbocycles. The summed E-state index contributed by atoms with van der Waals surface area (Å²) in [5.41, 5.74) is 1.92. The molecule has 0 saturated heterocycles. The summed E-state index contributed by atoms with van der Waals surface area (Å²) in [6.45, 7) is 1.86. The topological polar surface area (TPSA) is 65.4 Å². The Hall–Kier alpha value is -2.15. The van der Waals surface area contributed by atoms with Crippen LogP contribution in [-0.2, 0) is 24.3 Å². The number of nitrogens with zero attached hydrogens (tertiary/aromatic N) is 2. The standard InChI is InChI=1S/C17H19N3O3S/c1-22-14-2-3-15-11(7-14)6-12(10-23-15)16(21)18-8-13-9-20-4-5-24-17(20)19-13/h2-3,7,9,12H,4-6,8,10H2,1H3,(H,18,21). The Morgan fingerprint density at radius 3 is 3.29 bits per heavy atom. The van der Waals surface area contributed by atoms with Gasteiger partial charge in [0.15, 0.2) is 5.16 Å². The molecular weight excluding hydrogens is 326 g/mol. The third-order valence-electron chi connectivity index (χ3n) is 4.34. The van der Waals surface area contributed by atoms with Crippen molar-refractivity contribution in [3.8, 4) is 11.5 Å². The lowest BCUT2D eigenvalue weighted by atomic mass is 9.96. The highest BCUT2D eigenvalue weighted by Gasteiger charge is 2.26. The monoisotopic (exact) mass is 345 g/mol. The number of carbonyl (C=O) groups is 1. The number of methoxy groups -OCH3 is 1. The van der Waals surface area contributed by atoms with Gasteiger partial charge in [-0.3, -0.25) is 4.79 Å². The summed E-state index contributed by atoms with van der Waals surface area (Å²) in [6.07, 6.45) is 2.68. The fourth-order valence-electron chi connectivity index (χ4n) is 3.04. The number of amides is 1. The van der Waals surface area contributed by atoms with Crippen molar-refractivity contribution in [3.05, 3.63) is 35.7 Å². The summed E-state index contributed by atoms with van der Waals surface area (Å²) in [5.74, 6) is 2.51. The van der Waals surface area contributed by atoms with E-state index >= 15 is 0 Å². The van der Waals surface area contributed by atoms with E-state index in [2.05, 4.69) is 14.9 Å². The predicted molar refractivity (Wildman–Crippen MR) is 90.5 cm³/mol. The second-order valence-corrected chi connectivity index (χ2v) is 7.02. The number of carbonyl (C=O) groups excluding carboxylic acids is 1. The number of hydrogen-bond acceptors (Lipinski definition) is 5. The lowest BCUT2D eigenvalue weighted by Gasteiger charge is -2.24. The van der Waals surface area contributed by atoms with Crippen molar-refractivity contribution in [2.75, 3.05) is 19.5 Å². The van der Waals surface area contributed by atoms with Crippen LogP contribution in [-0.4, -0.2) is 34.9 Å². The van der Waals surface area contributed by atoms with Gasteiger partial charge < -0.3 is 19.4 Å². The molecule has 0 saturated carbocycles. The van der Waals surface area contributed by atoms with Gasteiger partial charge in [0.05, 0.1) is 25.3 Å². The summed E-state index contributed by atoms with van der Waals surface area (Å²) in [7, 11) is 1.64. The third-order valence-corrected chi connectivity index (χ3v) is 5.31. The van der Waals surface area contributed by atoms with Crippen molar-refractivity contribution in [3.63, 3.8) is 0 Å². The molecule has 0 fully saturated rings. The first kappa shape index (κ1) is 15.4.